The number of methoxy groups -OCH3 is 1. The number of thioether (sulfide) groups is 1. The first-order valence-corrected chi connectivity index (χ1v) is 10.2. The minimum atomic E-state index is -0.0619. The Bertz CT molecular complexity index is 897. The summed E-state index contributed by atoms with van der Waals surface area (Å²) in [5.74, 6) is 1.02. The van der Waals surface area contributed by atoms with Gasteiger partial charge in [0.25, 0.3) is 0 Å². The Balaban J connectivity index is 1.50. The quantitative estimate of drug-likeness (QED) is 0.539. The topological polar surface area (TPSA) is 76.1 Å². The molecule has 0 aliphatic carbocycles. The molecule has 1 amide bonds. The van der Waals surface area contributed by atoms with Gasteiger partial charge >= 0.3 is 0 Å². The maximum absolute atomic E-state index is 12.1. The Morgan fingerprint density at radius 3 is 2.70 bits per heavy atom. The maximum atomic E-state index is 12.1. The van der Waals surface area contributed by atoms with E-state index in [-0.39, 0.29) is 11.7 Å². The van der Waals surface area contributed by atoms with Crippen LogP contribution >= 0.6 is 23.1 Å². The molecule has 0 aliphatic heterocycles. The molecule has 0 fully saturated rings. The highest BCUT2D eigenvalue weighted by Crippen LogP contribution is 2.28. The molecule has 0 atom stereocenters. The Hall–Kier alpha value is -2.58. The number of benzene rings is 2. The molecule has 0 radical (unpaired) electrons. The Morgan fingerprint density at radius 2 is 1.96 bits per heavy atom. The van der Waals surface area contributed by atoms with Crippen LogP contribution in [0.1, 0.15) is 12.5 Å². The van der Waals surface area contributed by atoms with Gasteiger partial charge in [0.2, 0.25) is 11.0 Å². The van der Waals surface area contributed by atoms with Crippen molar-refractivity contribution < 1.29 is 9.53 Å². The largest absolute Gasteiger partial charge is 0.497 e. The van der Waals surface area contributed by atoms with Crippen molar-refractivity contribution in [2.75, 3.05) is 23.5 Å². The number of nitrogens with one attached hydrogen (secondary N) is 2. The molecule has 3 aromatic rings. The van der Waals surface area contributed by atoms with E-state index in [1.807, 2.05) is 48.5 Å². The summed E-state index contributed by atoms with van der Waals surface area (Å²) in [6.45, 7) is 2.09. The molecule has 0 spiro atoms. The van der Waals surface area contributed by atoms with Gasteiger partial charge < -0.3 is 15.4 Å². The third-order valence-electron chi connectivity index (χ3n) is 3.69. The number of aryl methyl sites for hydroxylation is 1. The highest BCUT2D eigenvalue weighted by molar-refractivity contribution is 8.01. The Kier molecular flexibility index (Phi) is 6.67. The van der Waals surface area contributed by atoms with Gasteiger partial charge in [0.05, 0.1) is 12.9 Å². The van der Waals surface area contributed by atoms with Crippen molar-refractivity contribution in [3.05, 3.63) is 54.1 Å². The van der Waals surface area contributed by atoms with E-state index in [0.29, 0.717) is 5.13 Å². The second kappa shape index (κ2) is 9.38. The molecular weight excluding hydrogens is 380 g/mol. The molecule has 0 aliphatic rings. The number of aromatic nitrogens is 2. The van der Waals surface area contributed by atoms with Crippen molar-refractivity contribution in [2.24, 2.45) is 0 Å². The fourth-order valence-corrected chi connectivity index (χ4v) is 3.88. The first-order chi connectivity index (χ1) is 13.2. The van der Waals surface area contributed by atoms with Crippen LogP contribution in [-0.4, -0.2) is 29.0 Å². The van der Waals surface area contributed by atoms with Crippen molar-refractivity contribution in [1.29, 1.82) is 0 Å². The van der Waals surface area contributed by atoms with Gasteiger partial charge in [-0.15, -0.1) is 10.2 Å². The summed E-state index contributed by atoms with van der Waals surface area (Å²) >= 11 is 2.78. The lowest BCUT2D eigenvalue weighted by atomic mass is 10.1. The zero-order valence-corrected chi connectivity index (χ0v) is 16.7. The molecule has 0 bridgehead atoms. The average molecular weight is 401 g/mol. The van der Waals surface area contributed by atoms with Crippen LogP contribution in [0.25, 0.3) is 0 Å². The number of hydrogen-bond donors (Lipinski definition) is 2. The van der Waals surface area contributed by atoms with Crippen molar-refractivity contribution in [1.82, 2.24) is 10.2 Å². The summed E-state index contributed by atoms with van der Waals surface area (Å²) in [7, 11) is 1.63. The number of carbonyl (C=O) groups is 1. The van der Waals surface area contributed by atoms with Gasteiger partial charge in [0.1, 0.15) is 5.75 Å². The van der Waals surface area contributed by atoms with Crippen LogP contribution < -0.4 is 15.4 Å². The van der Waals surface area contributed by atoms with Crippen LogP contribution in [-0.2, 0) is 11.2 Å². The first kappa shape index (κ1) is 19.2. The molecule has 0 unspecified atom stereocenters. The number of amides is 1. The van der Waals surface area contributed by atoms with E-state index in [9.17, 15) is 4.79 Å². The third-order valence-corrected chi connectivity index (χ3v) is 5.67. The number of hydrogen-bond acceptors (Lipinski definition) is 7. The second-order valence-electron chi connectivity index (χ2n) is 5.62. The normalized spacial score (nSPS) is 10.4. The van der Waals surface area contributed by atoms with Crippen LogP contribution in [0.4, 0.5) is 16.5 Å². The molecule has 8 heteroatoms. The molecule has 27 heavy (non-hydrogen) atoms. The lowest BCUT2D eigenvalue weighted by Gasteiger charge is -2.05. The molecule has 6 nitrogen and oxygen atoms in total. The van der Waals surface area contributed by atoms with Gasteiger partial charge in [-0.2, -0.15) is 0 Å². The van der Waals surface area contributed by atoms with Crippen LogP contribution in [0, 0.1) is 0 Å². The van der Waals surface area contributed by atoms with E-state index < -0.39 is 0 Å². The fourth-order valence-electron chi connectivity index (χ4n) is 2.31. The molecular formula is C19H20N4O2S2. The number of anilines is 3. The second-order valence-corrected chi connectivity index (χ2v) is 7.82. The van der Waals surface area contributed by atoms with E-state index in [0.717, 1.165) is 27.9 Å². The molecule has 3 rings (SSSR count). The number of rotatable bonds is 8. The van der Waals surface area contributed by atoms with Gasteiger partial charge in [-0.1, -0.05) is 42.2 Å². The van der Waals surface area contributed by atoms with Crippen LogP contribution in [0.5, 0.6) is 5.75 Å². The van der Waals surface area contributed by atoms with Crippen LogP contribution in [0.3, 0.4) is 0 Å². The Morgan fingerprint density at radius 1 is 1.15 bits per heavy atom. The van der Waals surface area contributed by atoms with Gasteiger partial charge in [-0.05, 0) is 48.4 Å². The minimum Gasteiger partial charge on any atom is -0.497 e. The van der Waals surface area contributed by atoms with E-state index >= 15 is 0 Å². The van der Waals surface area contributed by atoms with Crippen molar-refractivity contribution in [3.8, 4) is 5.75 Å². The zero-order chi connectivity index (χ0) is 19.1. The summed E-state index contributed by atoms with van der Waals surface area (Å²) < 4.78 is 5.88. The van der Waals surface area contributed by atoms with E-state index in [1.54, 1.807) is 7.11 Å². The summed E-state index contributed by atoms with van der Waals surface area (Å²) in [6.07, 6.45) is 0.938. The summed E-state index contributed by atoms with van der Waals surface area (Å²) in [5.41, 5.74) is 2.91. The highest BCUT2D eigenvalue weighted by atomic mass is 32.2. The SMILES string of the molecule is CCc1cccc(NC(=O)CSc2nnc(Nc3ccc(OC)cc3)s2)c1. The predicted octanol–water partition coefficient (Wildman–Crippen LogP) is 4.58. The van der Waals surface area contributed by atoms with Gasteiger partial charge in [0, 0.05) is 11.4 Å². The predicted molar refractivity (Wildman–Crippen MR) is 111 cm³/mol. The molecule has 1 aromatic heterocycles. The Labute approximate surface area is 166 Å². The molecule has 2 N–H and O–H groups in total. The van der Waals surface area contributed by atoms with Crippen molar-refractivity contribution >= 4 is 45.5 Å². The van der Waals surface area contributed by atoms with Crippen molar-refractivity contribution in [2.45, 2.75) is 17.7 Å². The molecule has 1 heterocycles. The minimum absolute atomic E-state index is 0.0619. The van der Waals surface area contributed by atoms with E-state index in [2.05, 4.69) is 27.8 Å². The average Bonchev–Trinajstić information content (AvgIpc) is 3.14. The summed E-state index contributed by atoms with van der Waals surface area (Å²) in [6, 6.07) is 15.4. The number of ether oxygens (including phenoxy) is 1. The van der Waals surface area contributed by atoms with Gasteiger partial charge in [-0.25, -0.2) is 0 Å². The van der Waals surface area contributed by atoms with Crippen molar-refractivity contribution in [3.63, 3.8) is 0 Å². The monoisotopic (exact) mass is 400 g/mol. The molecule has 140 valence electrons. The summed E-state index contributed by atoms with van der Waals surface area (Å²) in [4.78, 5) is 12.1. The van der Waals surface area contributed by atoms with Gasteiger partial charge in [0.15, 0.2) is 4.34 Å². The lowest BCUT2D eigenvalue weighted by molar-refractivity contribution is -0.113. The van der Waals surface area contributed by atoms with Gasteiger partial charge in [-0.3, -0.25) is 4.79 Å². The number of carbonyl (C=O) groups excluding carboxylic acids is 1. The zero-order valence-electron chi connectivity index (χ0n) is 15.1. The third kappa shape index (κ3) is 5.70. The summed E-state index contributed by atoms with van der Waals surface area (Å²) in [5, 5.41) is 15.0. The molecule has 0 saturated heterocycles. The smallest absolute Gasteiger partial charge is 0.234 e. The van der Waals surface area contributed by atoms with Crippen LogP contribution in [0.2, 0.25) is 0 Å². The fraction of sp³-hybridized carbons (Fsp3) is 0.211. The maximum Gasteiger partial charge on any atom is 0.234 e. The molecule has 2 aromatic carbocycles. The lowest BCUT2D eigenvalue weighted by Crippen LogP contribution is -2.14. The van der Waals surface area contributed by atoms with E-state index in [4.69, 9.17) is 4.74 Å². The molecule has 0 saturated carbocycles. The number of nitrogens with zero attached hydrogens (tertiary/aromatic N) is 2. The van der Waals surface area contributed by atoms with E-state index in [1.165, 1.54) is 28.7 Å². The van der Waals surface area contributed by atoms with Crippen LogP contribution in [0.15, 0.2) is 52.9 Å². The standard InChI is InChI=1S/C19H20N4O2S2/c1-3-13-5-4-6-15(11-13)20-17(24)12-26-19-23-22-18(27-19)21-14-7-9-16(25-2)10-8-14/h4-11H,3,12H2,1-2H3,(H,20,24)(H,21,22). The highest BCUT2D eigenvalue weighted by Gasteiger charge is 2.09. The first-order valence-electron chi connectivity index (χ1n) is 8.42.